The Labute approximate surface area is 259 Å². The smallest absolute Gasteiger partial charge is 0.335 e. The zero-order valence-corrected chi connectivity index (χ0v) is 25.3. The number of methoxy groups -OCH3 is 1. The van der Waals surface area contributed by atoms with Crippen molar-refractivity contribution in [2.24, 2.45) is 0 Å². The standard InChI is InChI=1S/C35H34F2N3O5/c1-35(2,43)14-13-22-7-8-26(27(36)17-22)21-45-33-6-4-5-29(39-33)24-10-9-23(28(37)18-24)20-32-38-30-12-11-25(34(41)42)19-31(30)40(32)15-16-44-3/h4-13,17-19,43H,14-16,20-21H2,1-3H3,(H,41,42)/q-1. The number of aliphatic hydroxyl groups is 1. The molecule has 2 N–H and O–H groups in total. The number of aromatic carboxylic acids is 1. The first-order valence-electron chi connectivity index (χ1n) is 14.4. The molecule has 45 heavy (non-hydrogen) atoms. The van der Waals surface area contributed by atoms with E-state index >= 15 is 4.39 Å². The van der Waals surface area contributed by atoms with E-state index in [0.717, 1.165) is 0 Å². The molecule has 0 saturated heterocycles. The fourth-order valence-corrected chi connectivity index (χ4v) is 4.88. The normalized spacial score (nSPS) is 11.6. The van der Waals surface area contributed by atoms with E-state index in [1.807, 2.05) is 4.57 Å². The Bertz CT molecular complexity index is 1830. The molecule has 0 aliphatic heterocycles. The number of pyridine rings is 1. The van der Waals surface area contributed by atoms with Crippen molar-refractivity contribution in [3.05, 3.63) is 119 Å². The van der Waals surface area contributed by atoms with Gasteiger partial charge < -0.3 is 24.3 Å². The third-order valence-electron chi connectivity index (χ3n) is 7.30. The molecule has 0 bridgehead atoms. The molecule has 0 saturated carbocycles. The van der Waals surface area contributed by atoms with E-state index in [0.29, 0.717) is 64.4 Å². The van der Waals surface area contributed by atoms with Gasteiger partial charge in [0.2, 0.25) is 5.88 Å². The van der Waals surface area contributed by atoms with E-state index in [4.69, 9.17) is 9.47 Å². The molecule has 0 aliphatic rings. The molecule has 0 aliphatic carbocycles. The molecule has 10 heteroatoms. The van der Waals surface area contributed by atoms with Crippen molar-refractivity contribution in [1.82, 2.24) is 14.5 Å². The molecular weight excluding hydrogens is 580 g/mol. The van der Waals surface area contributed by atoms with E-state index in [1.165, 1.54) is 18.2 Å². The summed E-state index contributed by atoms with van der Waals surface area (Å²) in [5.41, 5.74) is 2.98. The Kier molecular flexibility index (Phi) is 9.45. The van der Waals surface area contributed by atoms with E-state index in [-0.39, 0.29) is 24.5 Å². The van der Waals surface area contributed by atoms with Gasteiger partial charge in [-0.3, -0.25) is 0 Å². The zero-order valence-electron chi connectivity index (χ0n) is 25.3. The molecule has 8 nitrogen and oxygen atoms in total. The second kappa shape index (κ2) is 13.5. The van der Waals surface area contributed by atoms with Gasteiger partial charge in [-0.05, 0) is 49.7 Å². The van der Waals surface area contributed by atoms with Gasteiger partial charge in [0, 0.05) is 37.3 Å². The van der Waals surface area contributed by atoms with Crippen LogP contribution in [0.2, 0.25) is 0 Å². The number of benzene rings is 3. The molecule has 3 aromatic carbocycles. The molecule has 0 fully saturated rings. The largest absolute Gasteiger partial charge is 0.478 e. The van der Waals surface area contributed by atoms with Gasteiger partial charge in [-0.1, -0.05) is 24.6 Å². The zero-order chi connectivity index (χ0) is 32.1. The van der Waals surface area contributed by atoms with Gasteiger partial charge in [0.1, 0.15) is 18.2 Å². The average molecular weight is 615 g/mol. The average Bonchev–Trinajstić information content (AvgIpc) is 3.35. The Morgan fingerprint density at radius 1 is 0.978 bits per heavy atom. The van der Waals surface area contributed by atoms with Crippen molar-refractivity contribution < 1.29 is 33.3 Å². The highest BCUT2D eigenvalue weighted by molar-refractivity contribution is 5.92. The predicted molar refractivity (Wildman–Crippen MR) is 166 cm³/mol. The monoisotopic (exact) mass is 614 g/mol. The first-order chi connectivity index (χ1) is 21.5. The van der Waals surface area contributed by atoms with Crippen LogP contribution < -0.4 is 4.74 Å². The van der Waals surface area contributed by atoms with Gasteiger partial charge in [0.05, 0.1) is 40.3 Å². The van der Waals surface area contributed by atoms with Crippen LogP contribution in [0.1, 0.15) is 53.1 Å². The Hall–Kier alpha value is -4.80. The van der Waals surface area contributed by atoms with Crippen molar-refractivity contribution in [3.8, 4) is 17.1 Å². The highest BCUT2D eigenvalue weighted by Gasteiger charge is 2.16. The maximum absolute atomic E-state index is 15.4. The van der Waals surface area contributed by atoms with Crippen molar-refractivity contribution in [3.63, 3.8) is 0 Å². The van der Waals surface area contributed by atoms with Crippen LogP contribution in [0.25, 0.3) is 22.3 Å². The second-order valence-corrected chi connectivity index (χ2v) is 11.4. The first kappa shape index (κ1) is 31.6. The third-order valence-corrected chi connectivity index (χ3v) is 7.30. The number of carbonyl (C=O) groups is 1. The molecule has 0 atom stereocenters. The Morgan fingerprint density at radius 3 is 2.47 bits per heavy atom. The minimum atomic E-state index is -1.04. The lowest BCUT2D eigenvalue weighted by Crippen LogP contribution is -2.18. The topological polar surface area (TPSA) is 107 Å². The molecule has 0 spiro atoms. The van der Waals surface area contributed by atoms with E-state index < -0.39 is 23.2 Å². The maximum atomic E-state index is 15.4. The SMILES string of the molecule is COCCn1c(Cc2ccc(-c3cccc(OCc4ccc([CH-]CC(C)(C)O)cc4F)n3)cc2F)nc2ccc(C(=O)O)cc21. The maximum Gasteiger partial charge on any atom is 0.335 e. The van der Waals surface area contributed by atoms with Gasteiger partial charge >= 0.3 is 5.97 Å². The summed E-state index contributed by atoms with van der Waals surface area (Å²) in [5.74, 6) is -1.06. The lowest BCUT2D eigenvalue weighted by molar-refractivity contribution is 0.0696. The van der Waals surface area contributed by atoms with Crippen LogP contribution in [0.4, 0.5) is 8.78 Å². The number of rotatable bonds is 13. The first-order valence-corrected chi connectivity index (χ1v) is 14.4. The number of carboxylic acid groups (broad SMARTS) is 1. The highest BCUT2D eigenvalue weighted by Crippen LogP contribution is 2.26. The fourth-order valence-electron chi connectivity index (χ4n) is 4.88. The summed E-state index contributed by atoms with van der Waals surface area (Å²) in [4.78, 5) is 20.7. The molecule has 2 aromatic heterocycles. The number of fused-ring (bicyclic) bond motifs is 1. The molecular formula is C35H34F2N3O5-. The summed E-state index contributed by atoms with van der Waals surface area (Å²) in [7, 11) is 1.57. The van der Waals surface area contributed by atoms with Crippen LogP contribution in [0.3, 0.4) is 0 Å². The minimum absolute atomic E-state index is 0.0423. The van der Waals surface area contributed by atoms with Crippen LogP contribution >= 0.6 is 0 Å². The summed E-state index contributed by atoms with van der Waals surface area (Å²) < 4.78 is 43.0. The Balaban J connectivity index is 1.30. The van der Waals surface area contributed by atoms with Gasteiger partial charge in [-0.2, -0.15) is 18.1 Å². The van der Waals surface area contributed by atoms with Gasteiger partial charge in [0.25, 0.3) is 0 Å². The summed E-state index contributed by atoms with van der Waals surface area (Å²) in [6.45, 7) is 4.14. The number of aromatic nitrogens is 3. The molecule has 5 aromatic rings. The minimum Gasteiger partial charge on any atom is -0.478 e. The van der Waals surface area contributed by atoms with Gasteiger partial charge in [-0.15, -0.1) is 12.1 Å². The Morgan fingerprint density at radius 2 is 1.76 bits per heavy atom. The highest BCUT2D eigenvalue weighted by atomic mass is 19.1. The second-order valence-electron chi connectivity index (χ2n) is 11.4. The van der Waals surface area contributed by atoms with E-state index in [9.17, 15) is 19.4 Å². The van der Waals surface area contributed by atoms with Crippen LogP contribution in [0.5, 0.6) is 5.88 Å². The predicted octanol–water partition coefficient (Wildman–Crippen LogP) is 6.60. The van der Waals surface area contributed by atoms with Crippen molar-refractivity contribution in [2.75, 3.05) is 13.7 Å². The van der Waals surface area contributed by atoms with Crippen molar-refractivity contribution in [1.29, 1.82) is 0 Å². The van der Waals surface area contributed by atoms with Crippen LogP contribution in [0.15, 0.2) is 72.8 Å². The summed E-state index contributed by atoms with van der Waals surface area (Å²) >= 11 is 0. The fraction of sp³-hybridized carbons (Fsp3) is 0.257. The quantitative estimate of drug-likeness (QED) is 0.144. The van der Waals surface area contributed by atoms with E-state index in [1.54, 1.807) is 82.0 Å². The molecule has 2 heterocycles. The lowest BCUT2D eigenvalue weighted by atomic mass is 9.98. The van der Waals surface area contributed by atoms with Crippen LogP contribution in [-0.2, 0) is 24.3 Å². The van der Waals surface area contributed by atoms with Crippen LogP contribution in [0, 0.1) is 18.1 Å². The molecule has 0 amide bonds. The summed E-state index contributed by atoms with van der Waals surface area (Å²) in [6.07, 6.45) is 2.35. The third kappa shape index (κ3) is 7.84. The summed E-state index contributed by atoms with van der Waals surface area (Å²) in [6, 6.07) is 19.5. The van der Waals surface area contributed by atoms with Gasteiger partial charge in [0.15, 0.2) is 0 Å². The number of imidazole rings is 1. The molecule has 234 valence electrons. The number of carboxylic acids is 1. The lowest BCUT2D eigenvalue weighted by Gasteiger charge is -2.21. The van der Waals surface area contributed by atoms with Crippen molar-refractivity contribution >= 4 is 17.0 Å². The number of halogens is 2. The van der Waals surface area contributed by atoms with Crippen molar-refractivity contribution in [2.45, 2.75) is 45.4 Å². The number of ether oxygens (including phenoxy) is 2. The van der Waals surface area contributed by atoms with Gasteiger partial charge in [-0.25, -0.2) is 23.5 Å². The number of hydrogen-bond acceptors (Lipinski definition) is 6. The van der Waals surface area contributed by atoms with Crippen LogP contribution in [-0.4, -0.2) is 50.0 Å². The molecule has 5 rings (SSSR count). The number of hydrogen-bond donors (Lipinski definition) is 2. The number of nitrogens with zero attached hydrogens (tertiary/aromatic N) is 3. The molecule has 0 radical (unpaired) electrons. The summed E-state index contributed by atoms with van der Waals surface area (Å²) in [5, 5.41) is 19.3. The molecule has 0 unspecified atom stereocenters. The van der Waals surface area contributed by atoms with E-state index in [2.05, 4.69) is 9.97 Å².